The zero-order chi connectivity index (χ0) is 11.5. The third-order valence-corrected chi connectivity index (χ3v) is 2.53. The van der Waals surface area contributed by atoms with Crippen LogP contribution in [0.3, 0.4) is 0 Å². The summed E-state index contributed by atoms with van der Waals surface area (Å²) >= 11 is 0. The van der Waals surface area contributed by atoms with Gasteiger partial charge in [0.15, 0.2) is 0 Å². The van der Waals surface area contributed by atoms with Crippen molar-refractivity contribution in [1.29, 1.82) is 0 Å². The van der Waals surface area contributed by atoms with Gasteiger partial charge in [0.25, 0.3) is 0 Å². The van der Waals surface area contributed by atoms with Crippen molar-refractivity contribution in [3.8, 4) is 0 Å². The molecule has 0 aliphatic carbocycles. The molecule has 1 rings (SSSR count). The molecule has 88 valence electrons. The molecule has 1 atom stereocenters. The number of hydrogen-bond acceptors (Lipinski definition) is 3. The van der Waals surface area contributed by atoms with Crippen molar-refractivity contribution < 1.29 is 9.53 Å². The predicted octanol–water partition coefficient (Wildman–Crippen LogP) is 1.59. The zero-order valence-corrected chi connectivity index (χ0v) is 9.95. The van der Waals surface area contributed by atoms with Crippen molar-refractivity contribution in [3.63, 3.8) is 0 Å². The van der Waals surface area contributed by atoms with E-state index in [-0.39, 0.29) is 11.6 Å². The van der Waals surface area contributed by atoms with E-state index in [0.29, 0.717) is 19.1 Å². The van der Waals surface area contributed by atoms with Gasteiger partial charge in [-0.2, -0.15) is 0 Å². The Bertz CT molecular complexity index is 227. The minimum absolute atomic E-state index is 0.222. The summed E-state index contributed by atoms with van der Waals surface area (Å²) in [5.74, 6) is 0.378. The summed E-state index contributed by atoms with van der Waals surface area (Å²) in [6, 6.07) is 0. The average molecular weight is 214 g/mol. The lowest BCUT2D eigenvalue weighted by Gasteiger charge is -2.37. The number of nitrogens with zero attached hydrogens (tertiary/aromatic N) is 1. The first-order valence-electron chi connectivity index (χ1n) is 5.61. The Morgan fingerprint density at radius 3 is 2.80 bits per heavy atom. The summed E-state index contributed by atoms with van der Waals surface area (Å²) in [6.07, 6.45) is 1.71. The molecule has 0 aromatic heterocycles. The lowest BCUT2D eigenvalue weighted by molar-refractivity contribution is 0.0730. The molecule has 4 heteroatoms. The Labute approximate surface area is 91.8 Å². The van der Waals surface area contributed by atoms with Crippen molar-refractivity contribution in [3.05, 3.63) is 0 Å². The number of hydrogen-bond donors (Lipinski definition) is 1. The molecule has 0 bridgehead atoms. The van der Waals surface area contributed by atoms with Crippen LogP contribution in [0.25, 0.3) is 0 Å². The summed E-state index contributed by atoms with van der Waals surface area (Å²) in [6.45, 7) is 7.88. The fourth-order valence-corrected chi connectivity index (χ4v) is 1.75. The van der Waals surface area contributed by atoms with Gasteiger partial charge in [0.2, 0.25) is 0 Å². The number of ether oxygens (including phenoxy) is 1. The number of nitrogens with two attached hydrogens (primary N) is 1. The first-order valence-corrected chi connectivity index (χ1v) is 5.61. The largest absolute Gasteiger partial charge is 0.449 e. The molecule has 0 saturated carbocycles. The molecular weight excluding hydrogens is 192 g/mol. The molecule has 0 spiro atoms. The molecule has 1 fully saturated rings. The highest BCUT2D eigenvalue weighted by atomic mass is 16.6. The van der Waals surface area contributed by atoms with Crippen LogP contribution in [-0.4, -0.2) is 36.2 Å². The summed E-state index contributed by atoms with van der Waals surface area (Å²) in [4.78, 5) is 13.4. The van der Waals surface area contributed by atoms with Crippen molar-refractivity contribution in [2.45, 2.75) is 39.2 Å². The molecule has 0 aromatic rings. The van der Waals surface area contributed by atoms with Gasteiger partial charge in [-0.25, -0.2) is 4.79 Å². The van der Waals surface area contributed by atoms with E-state index in [4.69, 9.17) is 10.5 Å². The van der Waals surface area contributed by atoms with Gasteiger partial charge >= 0.3 is 6.09 Å². The molecule has 4 nitrogen and oxygen atoms in total. The molecule has 0 aromatic carbocycles. The molecule has 1 aliphatic heterocycles. The molecule has 1 amide bonds. The second-order valence-corrected chi connectivity index (χ2v) is 5.15. The molecular formula is C11H22N2O2. The van der Waals surface area contributed by atoms with Gasteiger partial charge in [-0.3, -0.25) is 0 Å². The molecule has 2 N–H and O–H groups in total. The van der Waals surface area contributed by atoms with Crippen molar-refractivity contribution in [2.75, 3.05) is 19.7 Å². The van der Waals surface area contributed by atoms with Crippen LogP contribution < -0.4 is 5.73 Å². The Hall–Kier alpha value is -0.770. The van der Waals surface area contributed by atoms with Crippen LogP contribution in [0.1, 0.15) is 33.6 Å². The monoisotopic (exact) mass is 214 g/mol. The third-order valence-electron chi connectivity index (χ3n) is 2.53. The molecule has 1 saturated heterocycles. The Morgan fingerprint density at radius 2 is 2.27 bits per heavy atom. The highest BCUT2D eigenvalue weighted by Gasteiger charge is 2.30. The predicted molar refractivity (Wildman–Crippen MR) is 59.6 cm³/mol. The van der Waals surface area contributed by atoms with E-state index in [1.165, 1.54) is 0 Å². The Morgan fingerprint density at radius 1 is 1.60 bits per heavy atom. The minimum atomic E-state index is -0.255. The van der Waals surface area contributed by atoms with Crippen molar-refractivity contribution >= 4 is 6.09 Å². The number of piperidine rings is 1. The number of amides is 1. The van der Waals surface area contributed by atoms with E-state index in [1.54, 1.807) is 4.90 Å². The first-order chi connectivity index (χ1) is 6.91. The number of carbonyl (C=O) groups is 1. The van der Waals surface area contributed by atoms with E-state index in [2.05, 4.69) is 0 Å². The van der Waals surface area contributed by atoms with E-state index >= 15 is 0 Å². The topological polar surface area (TPSA) is 55.6 Å². The van der Waals surface area contributed by atoms with Crippen molar-refractivity contribution in [1.82, 2.24) is 4.90 Å². The van der Waals surface area contributed by atoms with Crippen LogP contribution >= 0.6 is 0 Å². The normalized spacial score (nSPS) is 26.9. The lowest BCUT2D eigenvalue weighted by atomic mass is 9.93. The average Bonchev–Trinajstić information content (AvgIpc) is 2.12. The highest BCUT2D eigenvalue weighted by molar-refractivity contribution is 5.67. The second-order valence-electron chi connectivity index (χ2n) is 5.15. The molecule has 15 heavy (non-hydrogen) atoms. The molecule has 1 heterocycles. The summed E-state index contributed by atoms with van der Waals surface area (Å²) in [5.41, 5.74) is 5.76. The third kappa shape index (κ3) is 4.08. The smallest absolute Gasteiger partial charge is 0.409 e. The van der Waals surface area contributed by atoms with Gasteiger partial charge in [0.1, 0.15) is 0 Å². The maximum Gasteiger partial charge on any atom is 0.409 e. The first kappa shape index (κ1) is 12.3. The van der Waals surface area contributed by atoms with Crippen LogP contribution in [0.5, 0.6) is 0 Å². The van der Waals surface area contributed by atoms with Crippen LogP contribution in [0.15, 0.2) is 0 Å². The van der Waals surface area contributed by atoms with Crippen LogP contribution in [-0.2, 0) is 4.74 Å². The van der Waals surface area contributed by atoms with Crippen LogP contribution in [0.4, 0.5) is 4.79 Å². The van der Waals surface area contributed by atoms with Crippen molar-refractivity contribution in [2.24, 2.45) is 11.7 Å². The number of carbonyl (C=O) groups excluding carboxylic acids is 1. The Kier molecular flexibility index (Phi) is 3.97. The Balaban J connectivity index is 2.39. The molecule has 1 unspecified atom stereocenters. The van der Waals surface area contributed by atoms with E-state index in [1.807, 2.05) is 20.8 Å². The van der Waals surface area contributed by atoms with Gasteiger partial charge in [-0.15, -0.1) is 0 Å². The van der Waals surface area contributed by atoms with Crippen LogP contribution in [0, 0.1) is 5.92 Å². The van der Waals surface area contributed by atoms with Gasteiger partial charge in [-0.05, 0) is 25.7 Å². The van der Waals surface area contributed by atoms with Gasteiger partial charge in [0, 0.05) is 18.6 Å². The fraction of sp³-hybridized carbons (Fsp3) is 0.909. The minimum Gasteiger partial charge on any atom is -0.449 e. The van der Waals surface area contributed by atoms with Gasteiger partial charge < -0.3 is 15.4 Å². The lowest BCUT2D eigenvalue weighted by Crippen LogP contribution is -2.53. The van der Waals surface area contributed by atoms with E-state index in [0.717, 1.165) is 19.4 Å². The fourth-order valence-electron chi connectivity index (χ4n) is 1.75. The summed E-state index contributed by atoms with van der Waals surface area (Å²) in [7, 11) is 0. The van der Waals surface area contributed by atoms with Gasteiger partial charge in [0.05, 0.1) is 6.61 Å². The highest BCUT2D eigenvalue weighted by Crippen LogP contribution is 2.18. The number of likely N-dealkylation sites (tertiary alicyclic amines) is 1. The molecule has 0 radical (unpaired) electrons. The standard InChI is InChI=1S/C11H22N2O2/c1-9(2)7-15-10(14)13-6-4-5-11(3,12)8-13/h9H,4-8,12H2,1-3H3. The van der Waals surface area contributed by atoms with E-state index < -0.39 is 0 Å². The van der Waals surface area contributed by atoms with E-state index in [9.17, 15) is 4.79 Å². The molecule has 1 aliphatic rings. The van der Waals surface area contributed by atoms with Crippen LogP contribution in [0.2, 0.25) is 0 Å². The van der Waals surface area contributed by atoms with Gasteiger partial charge in [-0.1, -0.05) is 13.8 Å². The quantitative estimate of drug-likeness (QED) is 0.759. The second kappa shape index (κ2) is 4.84. The number of rotatable bonds is 2. The maximum atomic E-state index is 11.6. The summed E-state index contributed by atoms with van der Waals surface area (Å²) < 4.78 is 5.17. The maximum absolute atomic E-state index is 11.6. The summed E-state index contributed by atoms with van der Waals surface area (Å²) in [5, 5.41) is 0. The zero-order valence-electron chi connectivity index (χ0n) is 9.95. The SMILES string of the molecule is CC(C)COC(=O)N1CCCC(C)(N)C1.